The SMILES string of the molecule is CCc1noc(C(=O)CCCS(C)(=O)=O)n1. The average molecular weight is 246 g/mol. The Kier molecular flexibility index (Phi) is 4.17. The van der Waals surface area contributed by atoms with Gasteiger partial charge in [-0.2, -0.15) is 4.98 Å². The topological polar surface area (TPSA) is 90.1 Å². The van der Waals surface area contributed by atoms with Gasteiger partial charge in [0.15, 0.2) is 5.82 Å². The molecule has 0 aliphatic heterocycles. The van der Waals surface area contributed by atoms with Gasteiger partial charge in [-0.25, -0.2) is 8.42 Å². The number of carbonyl (C=O) groups excluding carboxylic acids is 1. The lowest BCUT2D eigenvalue weighted by atomic mass is 10.2. The first kappa shape index (κ1) is 12.8. The number of Topliss-reactive ketones (excluding diaryl/α,β-unsaturated/α-hetero) is 1. The van der Waals surface area contributed by atoms with Crippen LogP contribution in [-0.4, -0.2) is 36.4 Å². The number of carbonyl (C=O) groups is 1. The summed E-state index contributed by atoms with van der Waals surface area (Å²) in [5, 5.41) is 3.59. The molecule has 0 amide bonds. The van der Waals surface area contributed by atoms with Gasteiger partial charge in [-0.15, -0.1) is 0 Å². The molecule has 0 aliphatic carbocycles. The standard InChI is InChI=1S/C9H14N2O4S/c1-3-8-10-9(15-11-8)7(12)5-4-6-16(2,13)14/h3-6H2,1-2H3. The quantitative estimate of drug-likeness (QED) is 0.684. The monoisotopic (exact) mass is 246 g/mol. The van der Waals surface area contributed by atoms with Gasteiger partial charge in [-0.1, -0.05) is 12.1 Å². The summed E-state index contributed by atoms with van der Waals surface area (Å²) in [4.78, 5) is 15.3. The molecule has 0 unspecified atom stereocenters. The van der Waals surface area contributed by atoms with Gasteiger partial charge in [0.1, 0.15) is 9.84 Å². The van der Waals surface area contributed by atoms with Crippen molar-refractivity contribution in [1.82, 2.24) is 10.1 Å². The fourth-order valence-electron chi connectivity index (χ4n) is 1.11. The van der Waals surface area contributed by atoms with Gasteiger partial charge < -0.3 is 4.52 Å². The number of nitrogens with zero attached hydrogens (tertiary/aromatic N) is 2. The highest BCUT2D eigenvalue weighted by atomic mass is 32.2. The zero-order valence-electron chi connectivity index (χ0n) is 9.26. The van der Waals surface area contributed by atoms with Gasteiger partial charge in [0, 0.05) is 19.1 Å². The molecular formula is C9H14N2O4S. The van der Waals surface area contributed by atoms with E-state index < -0.39 is 9.84 Å². The Bertz CT molecular complexity index is 464. The first-order valence-electron chi connectivity index (χ1n) is 4.96. The van der Waals surface area contributed by atoms with Crippen molar-refractivity contribution in [3.8, 4) is 0 Å². The molecular weight excluding hydrogens is 232 g/mol. The summed E-state index contributed by atoms with van der Waals surface area (Å²) >= 11 is 0. The maximum absolute atomic E-state index is 11.5. The van der Waals surface area contributed by atoms with E-state index in [0.717, 1.165) is 6.26 Å². The minimum atomic E-state index is -3.02. The number of sulfone groups is 1. The second-order valence-corrected chi connectivity index (χ2v) is 5.79. The van der Waals surface area contributed by atoms with E-state index >= 15 is 0 Å². The first-order valence-corrected chi connectivity index (χ1v) is 7.02. The van der Waals surface area contributed by atoms with Gasteiger partial charge in [0.25, 0.3) is 5.89 Å². The highest BCUT2D eigenvalue weighted by Crippen LogP contribution is 2.05. The lowest BCUT2D eigenvalue weighted by Gasteiger charge is -1.95. The minimum absolute atomic E-state index is 0.00644. The summed E-state index contributed by atoms with van der Waals surface area (Å²) in [6.45, 7) is 1.85. The fourth-order valence-corrected chi connectivity index (χ4v) is 1.78. The van der Waals surface area contributed by atoms with Crippen LogP contribution in [0.25, 0.3) is 0 Å². The van der Waals surface area contributed by atoms with Crippen molar-refractivity contribution in [2.75, 3.05) is 12.0 Å². The predicted molar refractivity (Wildman–Crippen MR) is 57.0 cm³/mol. The van der Waals surface area contributed by atoms with E-state index in [2.05, 4.69) is 10.1 Å². The molecule has 0 saturated heterocycles. The van der Waals surface area contributed by atoms with E-state index in [1.165, 1.54) is 0 Å². The molecule has 90 valence electrons. The molecule has 1 heterocycles. The lowest BCUT2D eigenvalue weighted by molar-refractivity contribution is 0.0939. The normalized spacial score (nSPS) is 11.6. The van der Waals surface area contributed by atoms with Crippen LogP contribution in [0, 0.1) is 0 Å². The maximum Gasteiger partial charge on any atom is 0.293 e. The van der Waals surface area contributed by atoms with Gasteiger partial charge in [0.05, 0.1) is 5.75 Å². The Labute approximate surface area is 94.0 Å². The van der Waals surface area contributed by atoms with E-state index in [1.54, 1.807) is 0 Å². The molecule has 0 fully saturated rings. The van der Waals surface area contributed by atoms with Crippen LogP contribution in [0.2, 0.25) is 0 Å². The van der Waals surface area contributed by atoms with Crippen molar-refractivity contribution in [2.45, 2.75) is 26.2 Å². The number of hydrogen-bond donors (Lipinski definition) is 0. The lowest BCUT2D eigenvalue weighted by Crippen LogP contribution is -2.07. The summed E-state index contributed by atoms with van der Waals surface area (Å²) in [5.41, 5.74) is 0. The van der Waals surface area contributed by atoms with E-state index in [9.17, 15) is 13.2 Å². The molecule has 16 heavy (non-hydrogen) atoms. The van der Waals surface area contributed by atoms with Crippen LogP contribution >= 0.6 is 0 Å². The van der Waals surface area contributed by atoms with Crippen LogP contribution in [-0.2, 0) is 16.3 Å². The van der Waals surface area contributed by atoms with Crippen LogP contribution in [0.5, 0.6) is 0 Å². The number of ketones is 1. The van der Waals surface area contributed by atoms with E-state index in [1.807, 2.05) is 6.92 Å². The van der Waals surface area contributed by atoms with Gasteiger partial charge in [-0.05, 0) is 6.42 Å². The first-order chi connectivity index (χ1) is 7.42. The Morgan fingerprint density at radius 1 is 1.44 bits per heavy atom. The average Bonchev–Trinajstić information content (AvgIpc) is 2.63. The molecule has 1 aromatic rings. The number of hydrogen-bond acceptors (Lipinski definition) is 6. The summed E-state index contributed by atoms with van der Waals surface area (Å²) in [6.07, 6.45) is 2.12. The second-order valence-electron chi connectivity index (χ2n) is 3.53. The van der Waals surface area contributed by atoms with Crippen molar-refractivity contribution in [1.29, 1.82) is 0 Å². The van der Waals surface area contributed by atoms with Gasteiger partial charge in [0.2, 0.25) is 5.78 Å². The van der Waals surface area contributed by atoms with Crippen molar-refractivity contribution >= 4 is 15.6 Å². The van der Waals surface area contributed by atoms with Gasteiger partial charge >= 0.3 is 0 Å². The summed E-state index contributed by atoms with van der Waals surface area (Å²) in [6, 6.07) is 0. The molecule has 1 aromatic heterocycles. The molecule has 0 saturated carbocycles. The molecule has 0 radical (unpaired) electrons. The molecule has 1 rings (SSSR count). The Hall–Kier alpha value is -1.24. The molecule has 0 N–H and O–H groups in total. The van der Waals surface area contributed by atoms with Gasteiger partial charge in [-0.3, -0.25) is 4.79 Å². The Balaban J connectivity index is 2.47. The molecule has 0 bridgehead atoms. The third kappa shape index (κ3) is 4.09. The fraction of sp³-hybridized carbons (Fsp3) is 0.667. The third-order valence-electron chi connectivity index (χ3n) is 1.94. The molecule has 7 heteroatoms. The molecule has 0 aliphatic rings. The molecule has 0 atom stereocenters. The van der Waals surface area contributed by atoms with E-state index in [0.29, 0.717) is 12.2 Å². The van der Waals surface area contributed by atoms with Crippen LogP contribution in [0.15, 0.2) is 4.52 Å². The van der Waals surface area contributed by atoms with Crippen LogP contribution in [0.4, 0.5) is 0 Å². The third-order valence-corrected chi connectivity index (χ3v) is 2.97. The van der Waals surface area contributed by atoms with Crippen molar-refractivity contribution in [3.63, 3.8) is 0 Å². The molecule has 0 aromatic carbocycles. The van der Waals surface area contributed by atoms with Crippen molar-refractivity contribution in [3.05, 3.63) is 11.7 Å². The predicted octanol–water partition coefficient (Wildman–Crippen LogP) is 0.639. The molecule has 0 spiro atoms. The number of aryl methyl sites for hydroxylation is 1. The minimum Gasteiger partial charge on any atom is -0.331 e. The number of aromatic nitrogens is 2. The Morgan fingerprint density at radius 2 is 2.12 bits per heavy atom. The smallest absolute Gasteiger partial charge is 0.293 e. The highest BCUT2D eigenvalue weighted by Gasteiger charge is 2.14. The Morgan fingerprint density at radius 3 is 2.62 bits per heavy atom. The zero-order valence-corrected chi connectivity index (χ0v) is 10.1. The van der Waals surface area contributed by atoms with Crippen LogP contribution in [0.1, 0.15) is 36.3 Å². The zero-order chi connectivity index (χ0) is 12.2. The van der Waals surface area contributed by atoms with Crippen LogP contribution < -0.4 is 0 Å². The van der Waals surface area contributed by atoms with E-state index in [-0.39, 0.29) is 30.3 Å². The highest BCUT2D eigenvalue weighted by molar-refractivity contribution is 7.90. The largest absolute Gasteiger partial charge is 0.331 e. The maximum atomic E-state index is 11.5. The second kappa shape index (κ2) is 5.20. The number of rotatable bonds is 6. The summed E-state index contributed by atoms with van der Waals surface area (Å²) in [5.74, 6) is 0.126. The van der Waals surface area contributed by atoms with Crippen LogP contribution in [0.3, 0.4) is 0 Å². The van der Waals surface area contributed by atoms with Crippen molar-refractivity contribution < 1.29 is 17.7 Å². The summed E-state index contributed by atoms with van der Waals surface area (Å²) < 4.78 is 26.4. The molecule has 6 nitrogen and oxygen atoms in total. The summed E-state index contributed by atoms with van der Waals surface area (Å²) in [7, 11) is -3.02. The van der Waals surface area contributed by atoms with Crippen molar-refractivity contribution in [2.24, 2.45) is 0 Å². The van der Waals surface area contributed by atoms with E-state index in [4.69, 9.17) is 4.52 Å².